The first-order chi connectivity index (χ1) is 19.9. The summed E-state index contributed by atoms with van der Waals surface area (Å²) >= 11 is 0. The lowest BCUT2D eigenvalue weighted by Crippen LogP contribution is -2.25. The van der Waals surface area contributed by atoms with E-state index in [0.29, 0.717) is 16.3 Å². The van der Waals surface area contributed by atoms with Crippen molar-refractivity contribution in [2.45, 2.75) is 24.7 Å². The molecule has 0 bridgehead atoms. The normalized spacial score (nSPS) is 13.1. The lowest BCUT2D eigenvalue weighted by atomic mass is 9.94. The average Bonchev–Trinajstić information content (AvgIpc) is 2.89. The average molecular weight is 620 g/mol. The Labute approximate surface area is 232 Å². The maximum absolute atomic E-state index is 14.1. The molecule has 0 fully saturated rings. The highest BCUT2D eigenvalue weighted by Crippen LogP contribution is 2.55. The molecule has 15 heteroatoms. The Morgan fingerprint density at radius 2 is 0.953 bits per heavy atom. The summed E-state index contributed by atoms with van der Waals surface area (Å²) in [6.07, 6.45) is -24.9. The zero-order valence-electron chi connectivity index (χ0n) is 20.8. The molecule has 0 aliphatic heterocycles. The van der Waals surface area contributed by atoms with Gasteiger partial charge in [0, 0.05) is 16.3 Å². The Balaban J connectivity index is 1.92. The van der Waals surface area contributed by atoms with Gasteiger partial charge in [-0.3, -0.25) is 0 Å². The zero-order valence-corrected chi connectivity index (χ0v) is 20.8. The third-order valence-corrected chi connectivity index (χ3v) is 6.32. The van der Waals surface area contributed by atoms with Crippen molar-refractivity contribution in [3.05, 3.63) is 95.1 Å². The van der Waals surface area contributed by atoms with Crippen molar-refractivity contribution < 1.29 is 57.4 Å². The molecule has 0 N–H and O–H groups in total. The maximum atomic E-state index is 14.1. The fourth-order valence-corrected chi connectivity index (χ4v) is 4.57. The SMILES string of the molecule is FC(F)(F)c1cc(C(F)(F)F)c(C(F)(F)F)c(Oc2nnc(-c3ccccc3)c3cc4ccccc4cc23)c1C(F)(F)F. The molecule has 0 unspecified atom stereocenters. The van der Waals surface area contributed by atoms with Gasteiger partial charge in [-0.2, -0.15) is 52.7 Å². The van der Waals surface area contributed by atoms with Crippen LogP contribution in [-0.4, -0.2) is 10.2 Å². The van der Waals surface area contributed by atoms with Gasteiger partial charge in [0.1, 0.15) is 16.8 Å². The summed E-state index contributed by atoms with van der Waals surface area (Å²) < 4.78 is 172. The highest BCUT2D eigenvalue weighted by atomic mass is 19.4. The van der Waals surface area contributed by atoms with Crippen LogP contribution in [0.15, 0.2) is 72.8 Å². The molecule has 224 valence electrons. The number of aromatic nitrogens is 2. The molecule has 4 aromatic carbocycles. The molecule has 0 atom stereocenters. The minimum Gasteiger partial charge on any atom is -0.436 e. The first-order valence-electron chi connectivity index (χ1n) is 11.8. The third kappa shape index (κ3) is 5.62. The second-order valence-corrected chi connectivity index (χ2v) is 9.11. The Hall–Kier alpha value is -4.56. The Kier molecular flexibility index (Phi) is 6.97. The van der Waals surface area contributed by atoms with Crippen LogP contribution in [0.2, 0.25) is 0 Å². The molecule has 1 aromatic heterocycles. The van der Waals surface area contributed by atoms with E-state index in [2.05, 4.69) is 10.2 Å². The van der Waals surface area contributed by atoms with Crippen LogP contribution in [0.3, 0.4) is 0 Å². The molecule has 0 amide bonds. The lowest BCUT2D eigenvalue weighted by molar-refractivity contribution is -0.172. The second-order valence-electron chi connectivity index (χ2n) is 9.11. The molecular weight excluding hydrogens is 608 g/mol. The maximum Gasteiger partial charge on any atom is 0.420 e. The van der Waals surface area contributed by atoms with Gasteiger partial charge in [-0.25, -0.2) is 0 Å². The molecular formula is C28H12F12N2O. The summed E-state index contributed by atoms with van der Waals surface area (Å²) in [5.74, 6) is -3.96. The fraction of sp³-hybridized carbons (Fsp3) is 0.143. The van der Waals surface area contributed by atoms with E-state index in [-0.39, 0.29) is 16.5 Å². The highest BCUT2D eigenvalue weighted by molar-refractivity contribution is 6.05. The summed E-state index contributed by atoms with van der Waals surface area (Å²) in [6.45, 7) is 0. The molecule has 0 spiro atoms. The number of rotatable bonds is 3. The molecule has 0 aliphatic carbocycles. The molecule has 43 heavy (non-hydrogen) atoms. The van der Waals surface area contributed by atoms with Crippen LogP contribution >= 0.6 is 0 Å². The number of hydrogen-bond donors (Lipinski definition) is 0. The molecule has 5 rings (SSSR count). The van der Waals surface area contributed by atoms with Crippen LogP contribution in [0, 0.1) is 0 Å². The topological polar surface area (TPSA) is 35.0 Å². The van der Waals surface area contributed by atoms with E-state index >= 15 is 0 Å². The minimum atomic E-state index is -6.26. The summed E-state index contributed by atoms with van der Waals surface area (Å²) in [7, 11) is 0. The number of fused-ring (bicyclic) bond motifs is 2. The first-order valence-corrected chi connectivity index (χ1v) is 11.8. The van der Waals surface area contributed by atoms with E-state index in [4.69, 9.17) is 4.74 Å². The van der Waals surface area contributed by atoms with Crippen molar-refractivity contribution in [3.63, 3.8) is 0 Å². The predicted molar refractivity (Wildman–Crippen MR) is 129 cm³/mol. The van der Waals surface area contributed by atoms with E-state index in [1.165, 1.54) is 24.3 Å². The van der Waals surface area contributed by atoms with Crippen LogP contribution < -0.4 is 4.74 Å². The standard InChI is InChI=1S/C28H12F12N2O/c29-25(30,31)18-12-19(26(32,33)34)21(28(38,39)40)23(20(18)27(35,36)37)43-24-17-11-15-9-5-4-8-14(15)10-16(17)22(41-42-24)13-6-2-1-3-7-13/h1-12H. The van der Waals surface area contributed by atoms with Gasteiger partial charge < -0.3 is 4.74 Å². The Morgan fingerprint density at radius 3 is 1.42 bits per heavy atom. The molecule has 3 nitrogen and oxygen atoms in total. The third-order valence-electron chi connectivity index (χ3n) is 6.32. The van der Waals surface area contributed by atoms with E-state index in [9.17, 15) is 52.7 Å². The minimum absolute atomic E-state index is 0.0278. The van der Waals surface area contributed by atoms with Crippen molar-refractivity contribution >= 4 is 21.5 Å². The Bertz CT molecular complexity index is 1790. The second kappa shape index (κ2) is 10.0. The molecule has 0 saturated carbocycles. The largest absolute Gasteiger partial charge is 0.436 e. The zero-order chi connectivity index (χ0) is 31.5. The fourth-order valence-electron chi connectivity index (χ4n) is 4.57. The number of alkyl halides is 12. The van der Waals surface area contributed by atoms with Crippen molar-refractivity contribution in [2.75, 3.05) is 0 Å². The van der Waals surface area contributed by atoms with Gasteiger partial charge >= 0.3 is 24.7 Å². The van der Waals surface area contributed by atoms with Gasteiger partial charge in [-0.15, -0.1) is 10.2 Å². The van der Waals surface area contributed by atoms with E-state index < -0.39 is 64.7 Å². The smallest absolute Gasteiger partial charge is 0.420 e. The number of hydrogen-bond acceptors (Lipinski definition) is 3. The molecule has 0 aliphatic rings. The molecule has 0 radical (unpaired) electrons. The highest BCUT2D eigenvalue weighted by Gasteiger charge is 2.54. The van der Waals surface area contributed by atoms with Gasteiger partial charge in [0.15, 0.2) is 5.75 Å². The summed E-state index contributed by atoms with van der Waals surface area (Å²) in [6, 6.07) is 15.6. The number of ether oxygens (including phenoxy) is 1. The summed E-state index contributed by atoms with van der Waals surface area (Å²) in [5, 5.41) is 7.92. The van der Waals surface area contributed by atoms with Crippen LogP contribution in [-0.2, 0) is 24.7 Å². The van der Waals surface area contributed by atoms with Crippen molar-refractivity contribution in [1.82, 2.24) is 10.2 Å². The summed E-state index contributed by atoms with van der Waals surface area (Å²) in [5.41, 5.74) is -11.8. The van der Waals surface area contributed by atoms with Gasteiger partial charge in [0.2, 0.25) is 5.88 Å². The van der Waals surface area contributed by atoms with E-state index in [1.807, 2.05) is 0 Å². The van der Waals surface area contributed by atoms with Crippen molar-refractivity contribution in [2.24, 2.45) is 0 Å². The monoisotopic (exact) mass is 620 g/mol. The number of nitrogens with zero attached hydrogens (tertiary/aromatic N) is 2. The van der Waals surface area contributed by atoms with Crippen LogP contribution in [0.1, 0.15) is 22.3 Å². The van der Waals surface area contributed by atoms with Gasteiger partial charge in [0.05, 0.1) is 11.1 Å². The quantitative estimate of drug-likeness (QED) is 0.149. The van der Waals surface area contributed by atoms with Crippen LogP contribution in [0.25, 0.3) is 32.8 Å². The van der Waals surface area contributed by atoms with Gasteiger partial charge in [-0.05, 0) is 29.0 Å². The van der Waals surface area contributed by atoms with Crippen LogP contribution in [0.5, 0.6) is 11.6 Å². The van der Waals surface area contributed by atoms with Gasteiger partial charge in [0.25, 0.3) is 0 Å². The number of benzene rings is 4. The van der Waals surface area contributed by atoms with Crippen LogP contribution in [0.4, 0.5) is 52.7 Å². The Morgan fingerprint density at radius 1 is 0.488 bits per heavy atom. The molecule has 5 aromatic rings. The first kappa shape index (κ1) is 29.9. The van der Waals surface area contributed by atoms with Crippen molar-refractivity contribution in [1.29, 1.82) is 0 Å². The van der Waals surface area contributed by atoms with Crippen molar-refractivity contribution in [3.8, 4) is 22.9 Å². The predicted octanol–water partition coefficient (Wildman–Crippen LogP) is 10.3. The van der Waals surface area contributed by atoms with E-state index in [0.717, 1.165) is 0 Å². The lowest BCUT2D eigenvalue weighted by Gasteiger charge is -2.26. The van der Waals surface area contributed by atoms with E-state index in [1.54, 1.807) is 42.5 Å². The van der Waals surface area contributed by atoms with Gasteiger partial charge in [-0.1, -0.05) is 54.6 Å². The molecule has 1 heterocycles. The summed E-state index contributed by atoms with van der Waals surface area (Å²) in [4.78, 5) is 0. The number of halogens is 12. The molecule has 0 saturated heterocycles.